The van der Waals surface area contributed by atoms with Crippen LogP contribution in [0.3, 0.4) is 0 Å². The van der Waals surface area contributed by atoms with Gasteiger partial charge in [-0.1, -0.05) is 61.0 Å². The summed E-state index contributed by atoms with van der Waals surface area (Å²) in [4.78, 5) is 68.7. The van der Waals surface area contributed by atoms with E-state index in [0.717, 1.165) is 26.5 Å². The van der Waals surface area contributed by atoms with Crippen molar-refractivity contribution in [2.75, 3.05) is 23.8 Å². The van der Waals surface area contributed by atoms with Crippen LogP contribution in [-0.4, -0.2) is 52.9 Å². The number of anilines is 2. The van der Waals surface area contributed by atoms with E-state index in [1.54, 1.807) is 60.4 Å². The number of hydrogen-bond acceptors (Lipinski definition) is 8. The monoisotopic (exact) mass is 724 g/mol. The second-order valence-electron chi connectivity index (χ2n) is 11.9. The number of fused-ring (bicyclic) bond motifs is 1. The van der Waals surface area contributed by atoms with Crippen LogP contribution < -0.4 is 16.0 Å². The fourth-order valence-electron chi connectivity index (χ4n) is 5.57. The molecule has 0 aliphatic carbocycles. The van der Waals surface area contributed by atoms with Crippen LogP contribution in [0.4, 0.5) is 10.7 Å². The molecule has 5 rings (SSSR count). The van der Waals surface area contributed by atoms with Gasteiger partial charge in [-0.3, -0.25) is 19.2 Å². The van der Waals surface area contributed by atoms with Gasteiger partial charge in [0.25, 0.3) is 11.8 Å². The van der Waals surface area contributed by atoms with Crippen molar-refractivity contribution in [1.82, 2.24) is 10.2 Å². The zero-order chi connectivity index (χ0) is 36.5. The van der Waals surface area contributed by atoms with Crippen LogP contribution in [-0.2, 0) is 32.1 Å². The molecule has 1 aromatic heterocycles. The van der Waals surface area contributed by atoms with Gasteiger partial charge >= 0.3 is 5.97 Å². The van der Waals surface area contributed by atoms with Crippen molar-refractivity contribution in [2.45, 2.75) is 57.2 Å². The van der Waals surface area contributed by atoms with E-state index in [0.29, 0.717) is 47.7 Å². The summed E-state index contributed by atoms with van der Waals surface area (Å²) in [7, 11) is 0. The van der Waals surface area contributed by atoms with Crippen molar-refractivity contribution in [3.8, 4) is 0 Å². The molecular formula is C39H40N4O6S2. The Balaban J connectivity index is 1.32. The Morgan fingerprint density at radius 2 is 1.73 bits per heavy atom. The van der Waals surface area contributed by atoms with Crippen molar-refractivity contribution < 1.29 is 28.7 Å². The highest BCUT2D eigenvalue weighted by Gasteiger charge is 2.31. The Bertz CT molecular complexity index is 1970. The van der Waals surface area contributed by atoms with Crippen LogP contribution in [0, 0.1) is 6.92 Å². The van der Waals surface area contributed by atoms with Crippen molar-refractivity contribution in [3.05, 3.63) is 117 Å². The van der Waals surface area contributed by atoms with Gasteiger partial charge in [-0.05, 0) is 74.2 Å². The molecule has 51 heavy (non-hydrogen) atoms. The lowest BCUT2D eigenvalue weighted by molar-refractivity contribution is -0.129. The molecule has 0 spiro atoms. The Kier molecular flexibility index (Phi) is 12.5. The van der Waals surface area contributed by atoms with Gasteiger partial charge < -0.3 is 25.6 Å². The highest BCUT2D eigenvalue weighted by Crippen LogP contribution is 2.39. The van der Waals surface area contributed by atoms with Gasteiger partial charge in [0.1, 0.15) is 10.7 Å². The van der Waals surface area contributed by atoms with Gasteiger partial charge in [0, 0.05) is 34.5 Å². The summed E-state index contributed by atoms with van der Waals surface area (Å²) in [5, 5.41) is 8.52. The van der Waals surface area contributed by atoms with Crippen LogP contribution in [0.25, 0.3) is 6.08 Å². The largest absolute Gasteiger partial charge is 0.462 e. The second-order valence-corrected chi connectivity index (χ2v) is 14.3. The van der Waals surface area contributed by atoms with Crippen molar-refractivity contribution in [1.29, 1.82) is 0 Å². The zero-order valence-corrected chi connectivity index (χ0v) is 30.5. The van der Waals surface area contributed by atoms with E-state index in [-0.39, 0.29) is 24.1 Å². The third-order valence-corrected chi connectivity index (χ3v) is 10.6. The quantitative estimate of drug-likeness (QED) is 0.0810. The molecule has 264 valence electrons. The lowest BCUT2D eigenvalue weighted by atomic mass is 10.0. The van der Waals surface area contributed by atoms with Crippen LogP contribution in [0.5, 0.6) is 0 Å². The van der Waals surface area contributed by atoms with Gasteiger partial charge in [-0.25, -0.2) is 4.79 Å². The van der Waals surface area contributed by atoms with E-state index in [1.165, 1.54) is 30.0 Å². The van der Waals surface area contributed by atoms with E-state index in [4.69, 9.17) is 4.74 Å². The lowest BCUT2D eigenvalue weighted by Gasteiger charge is -2.25. The van der Waals surface area contributed by atoms with Gasteiger partial charge in [0.15, 0.2) is 0 Å². The maximum atomic E-state index is 13.7. The maximum Gasteiger partial charge on any atom is 0.341 e. The number of esters is 1. The number of nitrogens with one attached hydrogen (secondary N) is 3. The van der Waals surface area contributed by atoms with Crippen molar-refractivity contribution in [3.63, 3.8) is 0 Å². The molecule has 4 aromatic rings. The third kappa shape index (κ3) is 9.53. The molecule has 3 aromatic carbocycles. The first-order valence-electron chi connectivity index (χ1n) is 16.7. The minimum absolute atomic E-state index is 0.0475. The van der Waals surface area contributed by atoms with Gasteiger partial charge in [0.2, 0.25) is 11.8 Å². The Morgan fingerprint density at radius 1 is 0.961 bits per heavy atom. The number of rotatable bonds is 12. The normalized spacial score (nSPS) is 13.1. The number of benzene rings is 3. The summed E-state index contributed by atoms with van der Waals surface area (Å²) in [6.45, 7) is 8.15. The third-order valence-electron chi connectivity index (χ3n) is 8.13. The molecule has 12 heteroatoms. The number of thiophene rings is 1. The summed E-state index contributed by atoms with van der Waals surface area (Å²) in [5.74, 6) is -1.75. The van der Waals surface area contributed by atoms with E-state index in [9.17, 15) is 24.0 Å². The van der Waals surface area contributed by atoms with E-state index in [1.807, 2.05) is 50.2 Å². The summed E-state index contributed by atoms with van der Waals surface area (Å²) in [6.07, 6.45) is 2.61. The molecule has 1 aliphatic heterocycles. The number of hydrogen-bond donors (Lipinski definition) is 3. The minimum Gasteiger partial charge on any atom is -0.462 e. The molecule has 0 saturated carbocycles. The Morgan fingerprint density at radius 3 is 2.43 bits per heavy atom. The Hall–Kier alpha value is -5.20. The number of ether oxygens (including phenoxy) is 1. The predicted molar refractivity (Wildman–Crippen MR) is 202 cm³/mol. The summed E-state index contributed by atoms with van der Waals surface area (Å²) in [6, 6.07) is 23.4. The van der Waals surface area contributed by atoms with E-state index >= 15 is 0 Å². The fourth-order valence-corrected chi connectivity index (χ4v) is 7.84. The zero-order valence-electron chi connectivity index (χ0n) is 28.9. The SMILES string of the molecule is CCOC(=O)c1c(NC(=O)C(CC)Sc2cccc(NC(=O)/C(=C\c3cccc(C)c3)NC(=O)c3ccccc3)c2)sc2c1CCN(C(C)=O)C2. The molecule has 0 fully saturated rings. The number of aryl methyl sites for hydroxylation is 1. The predicted octanol–water partition coefficient (Wildman–Crippen LogP) is 7.06. The summed E-state index contributed by atoms with van der Waals surface area (Å²) < 4.78 is 5.34. The fraction of sp³-hybridized carbons (Fsp3) is 0.256. The topological polar surface area (TPSA) is 134 Å². The van der Waals surface area contributed by atoms with Crippen LogP contribution in [0.2, 0.25) is 0 Å². The molecule has 1 aliphatic rings. The lowest BCUT2D eigenvalue weighted by Crippen LogP contribution is -2.34. The van der Waals surface area contributed by atoms with E-state index < -0.39 is 23.0 Å². The van der Waals surface area contributed by atoms with Gasteiger partial charge in [0.05, 0.1) is 24.0 Å². The number of carbonyl (C=O) groups excluding carboxylic acids is 5. The van der Waals surface area contributed by atoms with Gasteiger partial charge in [-0.15, -0.1) is 23.1 Å². The van der Waals surface area contributed by atoms with Crippen LogP contribution >= 0.6 is 23.1 Å². The molecular weight excluding hydrogens is 685 g/mol. The molecule has 2 heterocycles. The number of amides is 4. The maximum absolute atomic E-state index is 13.7. The average Bonchev–Trinajstić information content (AvgIpc) is 3.48. The molecule has 0 bridgehead atoms. The summed E-state index contributed by atoms with van der Waals surface area (Å²) >= 11 is 2.63. The molecule has 1 atom stereocenters. The average molecular weight is 725 g/mol. The molecule has 10 nitrogen and oxygen atoms in total. The van der Waals surface area contributed by atoms with Gasteiger partial charge in [-0.2, -0.15) is 0 Å². The second kappa shape index (κ2) is 17.1. The molecule has 0 saturated heterocycles. The number of thioether (sulfide) groups is 1. The molecule has 3 N–H and O–H groups in total. The Labute approximate surface area is 305 Å². The standard InChI is InChI=1S/C39H40N4O6S2/c1-5-32(37(47)42-38-34(39(48)49-6-2)30-18-19-43(25(4)44)23-33(30)51-38)50-29-17-11-16-28(22-29)40-36(46)31(21-26-13-10-12-24(3)20-26)41-35(45)27-14-8-7-9-15-27/h7-17,20-22,32H,5-6,18-19,23H2,1-4H3,(H,40,46)(H,41,45)(H,42,47)/b31-21+. The van der Waals surface area contributed by atoms with Crippen LogP contribution in [0.15, 0.2) is 89.5 Å². The summed E-state index contributed by atoms with van der Waals surface area (Å²) in [5.41, 5.74) is 3.89. The smallest absolute Gasteiger partial charge is 0.341 e. The number of nitrogens with zero attached hydrogens (tertiary/aromatic N) is 1. The highest BCUT2D eigenvalue weighted by molar-refractivity contribution is 8.00. The van der Waals surface area contributed by atoms with Crippen molar-refractivity contribution in [2.24, 2.45) is 0 Å². The molecule has 0 radical (unpaired) electrons. The van der Waals surface area contributed by atoms with Crippen molar-refractivity contribution >= 4 is 69.5 Å². The molecule has 4 amide bonds. The highest BCUT2D eigenvalue weighted by atomic mass is 32.2. The van der Waals surface area contributed by atoms with Crippen LogP contribution in [0.1, 0.15) is 69.5 Å². The van der Waals surface area contributed by atoms with E-state index in [2.05, 4.69) is 16.0 Å². The first-order chi connectivity index (χ1) is 24.6. The number of carbonyl (C=O) groups is 5. The first-order valence-corrected chi connectivity index (χ1v) is 18.4. The first kappa shape index (κ1) is 37.1. The molecule has 1 unspecified atom stereocenters. The minimum atomic E-state index is -0.527.